The van der Waals surface area contributed by atoms with Crippen molar-refractivity contribution >= 4 is 35.9 Å². The molecule has 0 bridgehead atoms. The second-order valence-electron chi connectivity index (χ2n) is 2.34. The first kappa shape index (κ1) is 7.35. The summed E-state index contributed by atoms with van der Waals surface area (Å²) in [5.41, 5.74) is 1.06. The summed E-state index contributed by atoms with van der Waals surface area (Å²) in [5.74, 6) is 0. The summed E-state index contributed by atoms with van der Waals surface area (Å²) in [6.07, 6.45) is 0. The Labute approximate surface area is 75.8 Å². The van der Waals surface area contributed by atoms with Crippen LogP contribution >= 0.6 is 11.6 Å². The third-order valence-corrected chi connectivity index (χ3v) is 3.69. The van der Waals surface area contributed by atoms with Crippen molar-refractivity contribution in [2.75, 3.05) is 0 Å². The number of hydrogen-bond acceptors (Lipinski definition) is 1. The van der Waals surface area contributed by atoms with Crippen molar-refractivity contribution in [3.8, 4) is 0 Å². The Morgan fingerprint density at radius 2 is 2.27 bits per heavy atom. The SMILES string of the molecule is Cc1nc2cc(Cl)ccc2[se]1. The van der Waals surface area contributed by atoms with Crippen LogP contribution in [0.15, 0.2) is 18.2 Å². The topological polar surface area (TPSA) is 12.9 Å². The van der Waals surface area contributed by atoms with Gasteiger partial charge in [-0.05, 0) is 0 Å². The molecule has 0 aliphatic rings. The average molecular weight is 231 g/mol. The van der Waals surface area contributed by atoms with Crippen LogP contribution in [0.25, 0.3) is 9.78 Å². The Bertz CT molecular complexity index is 394. The second-order valence-corrected chi connectivity index (χ2v) is 5.37. The Hall–Kier alpha value is -0.301. The first-order valence-corrected chi connectivity index (χ1v) is 5.37. The van der Waals surface area contributed by atoms with Crippen LogP contribution in [0.1, 0.15) is 4.57 Å². The number of benzene rings is 1. The van der Waals surface area contributed by atoms with Gasteiger partial charge in [0.1, 0.15) is 0 Å². The van der Waals surface area contributed by atoms with Crippen LogP contribution in [0.3, 0.4) is 0 Å². The zero-order chi connectivity index (χ0) is 7.84. The standard InChI is InChI=1S/C8H6ClNSe/c1-5-10-7-4-6(9)2-3-8(7)11-5/h2-4H,1H3. The molecule has 0 fully saturated rings. The number of aryl methyl sites for hydroxylation is 1. The fourth-order valence-corrected chi connectivity index (χ4v) is 2.88. The van der Waals surface area contributed by atoms with Gasteiger partial charge in [0.15, 0.2) is 0 Å². The third kappa shape index (κ3) is 1.34. The van der Waals surface area contributed by atoms with Gasteiger partial charge in [0.05, 0.1) is 0 Å². The van der Waals surface area contributed by atoms with E-state index < -0.39 is 0 Å². The molecule has 56 valence electrons. The first-order valence-electron chi connectivity index (χ1n) is 3.28. The molecule has 0 aliphatic heterocycles. The summed E-state index contributed by atoms with van der Waals surface area (Å²) < 4.78 is 2.58. The zero-order valence-corrected chi connectivity index (χ0v) is 8.43. The maximum atomic E-state index is 5.81. The molecule has 0 saturated heterocycles. The van der Waals surface area contributed by atoms with Crippen LogP contribution in [0.4, 0.5) is 0 Å². The molecule has 3 heteroatoms. The molecule has 0 N–H and O–H groups in total. The van der Waals surface area contributed by atoms with E-state index in [0.29, 0.717) is 14.5 Å². The van der Waals surface area contributed by atoms with Gasteiger partial charge in [-0.1, -0.05) is 0 Å². The Balaban J connectivity index is 2.82. The van der Waals surface area contributed by atoms with E-state index in [9.17, 15) is 0 Å². The van der Waals surface area contributed by atoms with Crippen LogP contribution in [0, 0.1) is 6.92 Å². The van der Waals surface area contributed by atoms with Crippen molar-refractivity contribution in [2.45, 2.75) is 6.92 Å². The summed E-state index contributed by atoms with van der Waals surface area (Å²) in [6, 6.07) is 5.92. The molecule has 2 rings (SSSR count). The van der Waals surface area contributed by atoms with E-state index in [0.717, 1.165) is 10.5 Å². The van der Waals surface area contributed by atoms with Gasteiger partial charge in [0.2, 0.25) is 0 Å². The van der Waals surface area contributed by atoms with Gasteiger partial charge in [0.25, 0.3) is 0 Å². The molecule has 2 aromatic rings. The number of hydrogen-bond donors (Lipinski definition) is 0. The Morgan fingerprint density at radius 3 is 3.09 bits per heavy atom. The summed E-state index contributed by atoms with van der Waals surface area (Å²) in [5, 5.41) is 0.776. The van der Waals surface area contributed by atoms with Crippen molar-refractivity contribution in [1.29, 1.82) is 0 Å². The fourth-order valence-electron chi connectivity index (χ4n) is 1.02. The number of aromatic nitrogens is 1. The van der Waals surface area contributed by atoms with Gasteiger partial charge in [0, 0.05) is 0 Å². The van der Waals surface area contributed by atoms with E-state index in [1.807, 2.05) is 12.1 Å². The Morgan fingerprint density at radius 1 is 1.45 bits per heavy atom. The van der Waals surface area contributed by atoms with Crippen LogP contribution < -0.4 is 0 Å². The maximum absolute atomic E-state index is 5.81. The van der Waals surface area contributed by atoms with Crippen LogP contribution in [-0.4, -0.2) is 19.5 Å². The fraction of sp³-hybridized carbons (Fsp3) is 0.125. The molecule has 1 heterocycles. The minimum atomic E-state index is 0.444. The monoisotopic (exact) mass is 231 g/mol. The molecule has 0 spiro atoms. The van der Waals surface area contributed by atoms with E-state index in [2.05, 4.69) is 18.0 Å². The zero-order valence-electron chi connectivity index (χ0n) is 5.97. The van der Waals surface area contributed by atoms with Gasteiger partial charge >= 0.3 is 75.6 Å². The van der Waals surface area contributed by atoms with Crippen LogP contribution in [0.5, 0.6) is 0 Å². The third-order valence-electron chi connectivity index (χ3n) is 1.46. The molecular weight excluding hydrogens is 225 g/mol. The molecular formula is C8H6ClNSe. The van der Waals surface area contributed by atoms with Gasteiger partial charge in [-0.15, -0.1) is 0 Å². The second kappa shape index (κ2) is 2.63. The predicted molar refractivity (Wildman–Crippen MR) is 48.4 cm³/mol. The molecule has 0 atom stereocenters. The molecule has 0 unspecified atom stereocenters. The quantitative estimate of drug-likeness (QED) is 0.633. The molecule has 1 nitrogen and oxygen atoms in total. The number of rotatable bonds is 0. The van der Waals surface area contributed by atoms with Crippen molar-refractivity contribution < 1.29 is 0 Å². The number of fused-ring (bicyclic) bond motifs is 1. The van der Waals surface area contributed by atoms with Gasteiger partial charge in [-0.3, -0.25) is 0 Å². The molecule has 1 aromatic carbocycles. The van der Waals surface area contributed by atoms with Crippen LogP contribution in [0.2, 0.25) is 5.02 Å². The summed E-state index contributed by atoms with van der Waals surface area (Å²) in [7, 11) is 0. The summed E-state index contributed by atoms with van der Waals surface area (Å²) >= 11 is 6.25. The molecule has 0 saturated carbocycles. The molecule has 1 aromatic heterocycles. The van der Waals surface area contributed by atoms with Crippen LogP contribution in [-0.2, 0) is 0 Å². The van der Waals surface area contributed by atoms with Gasteiger partial charge in [-0.25, -0.2) is 0 Å². The molecule has 11 heavy (non-hydrogen) atoms. The predicted octanol–water partition coefficient (Wildman–Crippen LogP) is 2.25. The molecule has 0 amide bonds. The molecule has 0 aliphatic carbocycles. The number of halogens is 1. The average Bonchev–Trinajstić information content (AvgIpc) is 2.27. The van der Waals surface area contributed by atoms with Crippen molar-refractivity contribution in [3.63, 3.8) is 0 Å². The van der Waals surface area contributed by atoms with Crippen molar-refractivity contribution in [2.24, 2.45) is 0 Å². The first-order chi connectivity index (χ1) is 5.25. The van der Waals surface area contributed by atoms with E-state index in [1.54, 1.807) is 0 Å². The minimum absolute atomic E-state index is 0.444. The number of nitrogens with zero attached hydrogens (tertiary/aromatic N) is 1. The summed E-state index contributed by atoms with van der Waals surface area (Å²) in [4.78, 5) is 4.37. The van der Waals surface area contributed by atoms with E-state index in [4.69, 9.17) is 11.6 Å². The Kier molecular flexibility index (Phi) is 1.76. The van der Waals surface area contributed by atoms with Crippen molar-refractivity contribution in [3.05, 3.63) is 27.8 Å². The van der Waals surface area contributed by atoms with E-state index in [-0.39, 0.29) is 0 Å². The van der Waals surface area contributed by atoms with Gasteiger partial charge in [-0.2, -0.15) is 0 Å². The summed E-state index contributed by atoms with van der Waals surface area (Å²) in [6.45, 7) is 2.06. The normalized spacial score (nSPS) is 10.7. The van der Waals surface area contributed by atoms with Gasteiger partial charge < -0.3 is 0 Å². The van der Waals surface area contributed by atoms with E-state index >= 15 is 0 Å². The molecule has 0 radical (unpaired) electrons. The van der Waals surface area contributed by atoms with Crippen molar-refractivity contribution in [1.82, 2.24) is 4.98 Å². The van der Waals surface area contributed by atoms with E-state index in [1.165, 1.54) is 8.83 Å².